The predicted octanol–water partition coefficient (Wildman–Crippen LogP) is 3.12. The van der Waals surface area contributed by atoms with E-state index in [1.54, 1.807) is 0 Å². The Morgan fingerprint density at radius 1 is 1.24 bits per heavy atom. The van der Waals surface area contributed by atoms with E-state index in [-0.39, 0.29) is 17.9 Å². The molecule has 2 aromatic rings. The number of carbonyl (C=O) groups excluding carboxylic acids is 1. The minimum Gasteiger partial charge on any atom is -0.346 e. The van der Waals surface area contributed by atoms with Crippen molar-refractivity contribution in [1.29, 1.82) is 0 Å². The highest BCUT2D eigenvalue weighted by Crippen LogP contribution is 2.19. The zero-order valence-corrected chi connectivity index (χ0v) is 13.0. The van der Waals surface area contributed by atoms with Gasteiger partial charge in [-0.15, -0.1) is 10.2 Å². The highest BCUT2D eigenvalue weighted by atomic mass is 16.1. The topological polar surface area (TPSA) is 59.3 Å². The molecule has 1 amide bonds. The number of hydrogen-bond donors (Lipinski definition) is 1. The third-order valence-electron chi connectivity index (χ3n) is 3.71. The average molecular weight is 288 g/mol. The van der Waals surface area contributed by atoms with Gasteiger partial charge in [-0.1, -0.05) is 39.7 Å². The Hall–Kier alpha value is -1.91. The van der Waals surface area contributed by atoms with Gasteiger partial charge in [0.05, 0.1) is 6.04 Å². The maximum atomic E-state index is 12.3. The van der Waals surface area contributed by atoms with Crippen LogP contribution in [-0.4, -0.2) is 20.5 Å². The summed E-state index contributed by atoms with van der Waals surface area (Å²) in [7, 11) is 0. The van der Waals surface area contributed by atoms with Crippen molar-refractivity contribution in [3.05, 3.63) is 30.2 Å². The number of aromatic nitrogens is 3. The zero-order valence-electron chi connectivity index (χ0n) is 13.0. The van der Waals surface area contributed by atoms with Gasteiger partial charge >= 0.3 is 0 Å². The normalized spacial score (nSPS) is 14.0. The Labute approximate surface area is 125 Å². The molecule has 0 saturated heterocycles. The summed E-state index contributed by atoms with van der Waals surface area (Å²) in [6.07, 6.45) is 5.70. The molecule has 21 heavy (non-hydrogen) atoms. The van der Waals surface area contributed by atoms with E-state index in [4.69, 9.17) is 0 Å². The van der Waals surface area contributed by atoms with Gasteiger partial charge in [0.15, 0.2) is 11.5 Å². The van der Waals surface area contributed by atoms with Crippen molar-refractivity contribution in [3.8, 4) is 0 Å². The monoisotopic (exact) mass is 288 g/mol. The highest BCUT2D eigenvalue weighted by molar-refractivity contribution is 5.78. The molecule has 0 aliphatic carbocycles. The SMILES string of the molecule is CCCC(C)C(=O)NC(CCC)c1nnc2ccccn12. The molecule has 2 atom stereocenters. The molecule has 5 heteroatoms. The first-order chi connectivity index (χ1) is 10.2. The van der Waals surface area contributed by atoms with E-state index in [9.17, 15) is 4.79 Å². The van der Waals surface area contributed by atoms with Crippen molar-refractivity contribution in [2.45, 2.75) is 52.5 Å². The summed E-state index contributed by atoms with van der Waals surface area (Å²) in [5.41, 5.74) is 0.810. The lowest BCUT2D eigenvalue weighted by Crippen LogP contribution is -2.33. The third kappa shape index (κ3) is 3.60. The van der Waals surface area contributed by atoms with Gasteiger partial charge in [0.25, 0.3) is 0 Å². The molecule has 0 spiro atoms. The molecule has 2 aromatic heterocycles. The molecule has 0 radical (unpaired) electrons. The lowest BCUT2D eigenvalue weighted by molar-refractivity contribution is -0.125. The van der Waals surface area contributed by atoms with Crippen molar-refractivity contribution in [2.24, 2.45) is 5.92 Å². The van der Waals surface area contributed by atoms with Gasteiger partial charge in [0.1, 0.15) is 0 Å². The van der Waals surface area contributed by atoms with Crippen LogP contribution < -0.4 is 5.32 Å². The fourth-order valence-electron chi connectivity index (χ4n) is 2.53. The lowest BCUT2D eigenvalue weighted by atomic mass is 10.0. The largest absolute Gasteiger partial charge is 0.346 e. The van der Waals surface area contributed by atoms with Gasteiger partial charge in [-0.3, -0.25) is 9.20 Å². The predicted molar refractivity (Wildman–Crippen MR) is 82.9 cm³/mol. The molecule has 0 aliphatic heterocycles. The molecule has 0 aromatic carbocycles. The highest BCUT2D eigenvalue weighted by Gasteiger charge is 2.21. The summed E-state index contributed by atoms with van der Waals surface area (Å²) in [5, 5.41) is 11.6. The van der Waals surface area contributed by atoms with E-state index >= 15 is 0 Å². The molecule has 1 N–H and O–H groups in total. The molecule has 0 saturated carbocycles. The molecule has 0 fully saturated rings. The lowest BCUT2D eigenvalue weighted by Gasteiger charge is -2.19. The van der Waals surface area contributed by atoms with Crippen LogP contribution in [0.3, 0.4) is 0 Å². The first-order valence-corrected chi connectivity index (χ1v) is 7.77. The Bertz CT molecular complexity index is 593. The van der Waals surface area contributed by atoms with Crippen LogP contribution in [0.25, 0.3) is 5.65 Å². The van der Waals surface area contributed by atoms with Crippen LogP contribution in [0.15, 0.2) is 24.4 Å². The number of rotatable bonds is 7. The molecule has 2 heterocycles. The Morgan fingerprint density at radius 3 is 2.71 bits per heavy atom. The van der Waals surface area contributed by atoms with Crippen molar-refractivity contribution in [1.82, 2.24) is 19.9 Å². The van der Waals surface area contributed by atoms with Crippen LogP contribution in [0, 0.1) is 5.92 Å². The number of amides is 1. The first kappa shape index (κ1) is 15.5. The van der Waals surface area contributed by atoms with Crippen molar-refractivity contribution >= 4 is 11.6 Å². The maximum Gasteiger partial charge on any atom is 0.223 e. The van der Waals surface area contributed by atoms with Gasteiger partial charge in [-0.05, 0) is 25.0 Å². The smallest absolute Gasteiger partial charge is 0.223 e. The summed E-state index contributed by atoms with van der Waals surface area (Å²) in [4.78, 5) is 12.3. The summed E-state index contributed by atoms with van der Waals surface area (Å²) >= 11 is 0. The van der Waals surface area contributed by atoms with Crippen LogP contribution in [0.1, 0.15) is 58.3 Å². The van der Waals surface area contributed by atoms with E-state index in [0.717, 1.165) is 37.2 Å². The van der Waals surface area contributed by atoms with E-state index in [1.807, 2.05) is 35.7 Å². The molecule has 0 aliphatic rings. The maximum absolute atomic E-state index is 12.3. The second-order valence-corrected chi connectivity index (χ2v) is 5.53. The number of fused-ring (bicyclic) bond motifs is 1. The minimum atomic E-state index is -0.0841. The summed E-state index contributed by atoms with van der Waals surface area (Å²) in [5.74, 6) is 0.945. The second kappa shape index (κ2) is 7.20. The number of nitrogens with one attached hydrogen (secondary N) is 1. The van der Waals surface area contributed by atoms with E-state index in [0.29, 0.717) is 0 Å². The molecular formula is C16H24N4O. The van der Waals surface area contributed by atoms with Crippen molar-refractivity contribution in [2.75, 3.05) is 0 Å². The quantitative estimate of drug-likeness (QED) is 0.851. The zero-order chi connectivity index (χ0) is 15.2. The molecular weight excluding hydrogens is 264 g/mol. The summed E-state index contributed by atoms with van der Waals surface area (Å²) < 4.78 is 1.95. The average Bonchev–Trinajstić information content (AvgIpc) is 2.91. The van der Waals surface area contributed by atoms with Gasteiger partial charge in [0, 0.05) is 12.1 Å². The van der Waals surface area contributed by atoms with Crippen LogP contribution in [0.5, 0.6) is 0 Å². The first-order valence-electron chi connectivity index (χ1n) is 7.77. The van der Waals surface area contributed by atoms with Gasteiger partial charge in [0.2, 0.25) is 5.91 Å². The standard InChI is InChI=1S/C16H24N4O/c1-4-8-12(3)16(21)17-13(9-5-2)15-19-18-14-10-6-7-11-20(14)15/h6-7,10-13H,4-5,8-9H2,1-3H3,(H,17,21). The van der Waals surface area contributed by atoms with E-state index in [1.165, 1.54) is 0 Å². The van der Waals surface area contributed by atoms with Crippen molar-refractivity contribution < 1.29 is 4.79 Å². The second-order valence-electron chi connectivity index (χ2n) is 5.53. The van der Waals surface area contributed by atoms with Crippen LogP contribution in [0.2, 0.25) is 0 Å². The number of pyridine rings is 1. The molecule has 0 bridgehead atoms. The van der Waals surface area contributed by atoms with Gasteiger partial charge in [-0.2, -0.15) is 0 Å². The van der Waals surface area contributed by atoms with E-state index in [2.05, 4.69) is 29.4 Å². The minimum absolute atomic E-state index is 0.0357. The number of hydrogen-bond acceptors (Lipinski definition) is 3. The Balaban J connectivity index is 2.20. The Kier molecular flexibility index (Phi) is 5.31. The summed E-state index contributed by atoms with van der Waals surface area (Å²) in [6, 6.07) is 5.72. The molecule has 114 valence electrons. The molecule has 5 nitrogen and oxygen atoms in total. The van der Waals surface area contributed by atoms with Crippen LogP contribution in [0.4, 0.5) is 0 Å². The third-order valence-corrected chi connectivity index (χ3v) is 3.71. The fourth-order valence-corrected chi connectivity index (χ4v) is 2.53. The Morgan fingerprint density at radius 2 is 2.00 bits per heavy atom. The molecule has 2 unspecified atom stereocenters. The fraction of sp³-hybridized carbons (Fsp3) is 0.562. The summed E-state index contributed by atoms with van der Waals surface area (Å²) in [6.45, 7) is 6.18. The molecule has 2 rings (SSSR count). The number of carbonyl (C=O) groups is 1. The number of nitrogens with zero attached hydrogens (tertiary/aromatic N) is 3. The van der Waals surface area contributed by atoms with Crippen LogP contribution in [-0.2, 0) is 4.79 Å². The van der Waals surface area contributed by atoms with E-state index < -0.39 is 0 Å². The van der Waals surface area contributed by atoms with Crippen molar-refractivity contribution in [3.63, 3.8) is 0 Å². The van der Waals surface area contributed by atoms with Crippen LogP contribution >= 0.6 is 0 Å². The van der Waals surface area contributed by atoms with Gasteiger partial charge in [-0.25, -0.2) is 0 Å². The van der Waals surface area contributed by atoms with Gasteiger partial charge < -0.3 is 5.32 Å².